The van der Waals surface area contributed by atoms with E-state index in [1.807, 2.05) is 27.7 Å². The first-order valence-electron chi connectivity index (χ1n) is 5.55. The standard InChI is InChI=1S/C9H7NO2S.2C2H6/c1-12-9(11)7-4-2-3-5-8(7)10-6-13;2*1-2/h2-5H,1H3;2*1-2H3. The Morgan fingerprint density at radius 2 is 1.76 bits per heavy atom. The minimum absolute atomic E-state index is 0.391. The highest BCUT2D eigenvalue weighted by atomic mass is 32.1. The lowest BCUT2D eigenvalue weighted by Gasteiger charge is -2.00. The zero-order valence-electron chi connectivity index (χ0n) is 11.0. The summed E-state index contributed by atoms with van der Waals surface area (Å²) in [6.07, 6.45) is 0. The number of aliphatic imine (C=N–C) groups is 1. The van der Waals surface area contributed by atoms with E-state index in [-0.39, 0.29) is 0 Å². The van der Waals surface area contributed by atoms with Crippen LogP contribution in [-0.2, 0) is 4.74 Å². The smallest absolute Gasteiger partial charge is 0.340 e. The van der Waals surface area contributed by atoms with Gasteiger partial charge in [-0.05, 0) is 24.4 Å². The molecule has 0 aliphatic carbocycles. The number of carbonyl (C=O) groups excluding carboxylic acids is 1. The molecule has 0 N–H and O–H groups in total. The fourth-order valence-corrected chi connectivity index (χ4v) is 1.00. The van der Waals surface area contributed by atoms with Crippen LogP contribution in [0.25, 0.3) is 0 Å². The molecule has 0 spiro atoms. The highest BCUT2D eigenvalue weighted by Gasteiger charge is 2.09. The lowest BCUT2D eigenvalue weighted by atomic mass is 10.2. The van der Waals surface area contributed by atoms with Gasteiger partial charge in [-0.15, -0.1) is 0 Å². The van der Waals surface area contributed by atoms with E-state index in [4.69, 9.17) is 0 Å². The van der Waals surface area contributed by atoms with Gasteiger partial charge in [0.05, 0.1) is 23.5 Å². The normalized spacial score (nSPS) is 7.35. The summed E-state index contributed by atoms with van der Waals surface area (Å²) in [7, 11) is 1.32. The van der Waals surface area contributed by atoms with Crippen LogP contribution < -0.4 is 0 Å². The van der Waals surface area contributed by atoms with Crippen molar-refractivity contribution in [1.29, 1.82) is 0 Å². The van der Waals surface area contributed by atoms with Crippen molar-refractivity contribution in [3.8, 4) is 0 Å². The van der Waals surface area contributed by atoms with Crippen molar-refractivity contribution in [1.82, 2.24) is 0 Å². The molecule has 0 aliphatic heterocycles. The molecule has 0 atom stereocenters. The van der Waals surface area contributed by atoms with Crippen LogP contribution in [0.2, 0.25) is 0 Å². The third kappa shape index (κ3) is 6.61. The van der Waals surface area contributed by atoms with Gasteiger partial charge in [0.2, 0.25) is 0 Å². The van der Waals surface area contributed by atoms with Crippen molar-refractivity contribution in [3.63, 3.8) is 0 Å². The molecule has 0 unspecified atom stereocenters. The van der Waals surface area contributed by atoms with E-state index in [9.17, 15) is 4.79 Å². The zero-order valence-corrected chi connectivity index (χ0v) is 11.8. The summed E-state index contributed by atoms with van der Waals surface area (Å²) in [5, 5.41) is 2.20. The van der Waals surface area contributed by atoms with Gasteiger partial charge in [-0.1, -0.05) is 39.8 Å². The van der Waals surface area contributed by atoms with Crippen molar-refractivity contribution >= 4 is 29.0 Å². The van der Waals surface area contributed by atoms with E-state index >= 15 is 0 Å². The highest BCUT2D eigenvalue weighted by molar-refractivity contribution is 7.78. The average Bonchev–Trinajstić information content (AvgIpc) is 2.43. The molecule has 4 heteroatoms. The van der Waals surface area contributed by atoms with Gasteiger partial charge in [0, 0.05) is 0 Å². The molecule has 0 aliphatic rings. The molecule has 0 aromatic heterocycles. The van der Waals surface area contributed by atoms with E-state index in [2.05, 4.69) is 27.1 Å². The molecule has 1 aromatic carbocycles. The van der Waals surface area contributed by atoms with Crippen molar-refractivity contribution in [2.75, 3.05) is 7.11 Å². The number of thiocarbonyl (C=S) groups is 1. The van der Waals surface area contributed by atoms with Gasteiger partial charge in [0.1, 0.15) is 0 Å². The van der Waals surface area contributed by atoms with E-state index < -0.39 is 5.97 Å². The van der Waals surface area contributed by atoms with Crippen molar-refractivity contribution < 1.29 is 9.53 Å². The fourth-order valence-electron chi connectivity index (χ4n) is 0.903. The van der Waals surface area contributed by atoms with Gasteiger partial charge in [-0.25, -0.2) is 4.79 Å². The Balaban J connectivity index is 0. The molecule has 17 heavy (non-hydrogen) atoms. The molecule has 1 aromatic rings. The predicted octanol–water partition coefficient (Wildman–Crippen LogP) is 4.26. The number of nitrogens with zero attached hydrogens (tertiary/aromatic N) is 1. The van der Waals surface area contributed by atoms with Gasteiger partial charge in [-0.3, -0.25) is 0 Å². The lowest BCUT2D eigenvalue weighted by molar-refractivity contribution is 0.0602. The lowest BCUT2D eigenvalue weighted by Crippen LogP contribution is -2.00. The molecule has 0 heterocycles. The number of ether oxygens (including phenoxy) is 1. The number of isothiocyanates is 1. The minimum Gasteiger partial charge on any atom is -0.465 e. The summed E-state index contributed by atoms with van der Waals surface area (Å²) in [4.78, 5) is 14.9. The molecule has 3 nitrogen and oxygen atoms in total. The monoisotopic (exact) mass is 253 g/mol. The first-order chi connectivity index (χ1) is 8.29. The summed E-state index contributed by atoms with van der Waals surface area (Å²) in [6, 6.07) is 6.79. The molecule has 1 rings (SSSR count). The minimum atomic E-state index is -0.426. The summed E-state index contributed by atoms with van der Waals surface area (Å²) in [5.74, 6) is -0.426. The van der Waals surface area contributed by atoms with Crippen molar-refractivity contribution in [3.05, 3.63) is 29.8 Å². The van der Waals surface area contributed by atoms with Gasteiger partial charge < -0.3 is 4.74 Å². The number of rotatable bonds is 2. The number of hydrogen-bond donors (Lipinski definition) is 0. The summed E-state index contributed by atoms with van der Waals surface area (Å²) in [5.41, 5.74) is 0.867. The Labute approximate surface area is 109 Å². The first kappa shape index (κ1) is 17.9. The van der Waals surface area contributed by atoms with Gasteiger partial charge in [0.15, 0.2) is 0 Å². The van der Waals surface area contributed by atoms with Crippen molar-refractivity contribution in [2.24, 2.45) is 4.99 Å². The fraction of sp³-hybridized carbons (Fsp3) is 0.385. The number of benzene rings is 1. The van der Waals surface area contributed by atoms with E-state index in [0.717, 1.165) is 0 Å². The van der Waals surface area contributed by atoms with Crippen LogP contribution in [-0.4, -0.2) is 18.2 Å². The molecular formula is C13H19NO2S. The second-order valence-electron chi connectivity index (χ2n) is 2.21. The van der Waals surface area contributed by atoms with Crippen LogP contribution in [0.1, 0.15) is 38.1 Å². The number of para-hydroxylation sites is 1. The van der Waals surface area contributed by atoms with E-state index in [1.165, 1.54) is 7.11 Å². The summed E-state index contributed by atoms with van der Waals surface area (Å²) in [6.45, 7) is 8.00. The maximum absolute atomic E-state index is 11.2. The Bertz CT molecular complexity index is 371. The third-order valence-electron chi connectivity index (χ3n) is 1.48. The average molecular weight is 253 g/mol. The van der Waals surface area contributed by atoms with Crippen LogP contribution in [0.5, 0.6) is 0 Å². The Kier molecular flexibility index (Phi) is 13.2. The molecule has 94 valence electrons. The maximum atomic E-state index is 11.2. The summed E-state index contributed by atoms with van der Waals surface area (Å²) < 4.78 is 4.56. The molecule has 0 fully saturated rings. The number of carbonyl (C=O) groups is 1. The quantitative estimate of drug-likeness (QED) is 0.449. The second kappa shape index (κ2) is 12.6. The van der Waals surface area contributed by atoms with Crippen LogP contribution in [0.3, 0.4) is 0 Å². The van der Waals surface area contributed by atoms with Crippen LogP contribution in [0.15, 0.2) is 29.3 Å². The highest BCUT2D eigenvalue weighted by Crippen LogP contribution is 2.18. The van der Waals surface area contributed by atoms with Gasteiger partial charge in [0.25, 0.3) is 0 Å². The summed E-state index contributed by atoms with van der Waals surface area (Å²) >= 11 is 4.45. The van der Waals surface area contributed by atoms with E-state index in [1.54, 1.807) is 24.3 Å². The van der Waals surface area contributed by atoms with Gasteiger partial charge >= 0.3 is 5.97 Å². The van der Waals surface area contributed by atoms with Crippen LogP contribution in [0, 0.1) is 0 Å². The Morgan fingerprint density at radius 3 is 2.24 bits per heavy atom. The third-order valence-corrected chi connectivity index (χ3v) is 1.57. The number of methoxy groups -OCH3 is 1. The predicted molar refractivity (Wildman–Crippen MR) is 75.2 cm³/mol. The largest absolute Gasteiger partial charge is 0.465 e. The maximum Gasteiger partial charge on any atom is 0.340 e. The number of esters is 1. The van der Waals surface area contributed by atoms with Crippen LogP contribution >= 0.6 is 12.2 Å². The topological polar surface area (TPSA) is 38.7 Å². The van der Waals surface area contributed by atoms with Crippen LogP contribution in [0.4, 0.5) is 5.69 Å². The SMILES string of the molecule is CC.CC.COC(=O)c1ccccc1N=C=S. The van der Waals surface area contributed by atoms with E-state index in [0.29, 0.717) is 11.3 Å². The molecule has 0 saturated carbocycles. The molecule has 0 saturated heterocycles. The molecule has 0 amide bonds. The number of hydrogen-bond acceptors (Lipinski definition) is 4. The Hall–Kier alpha value is -1.51. The first-order valence-corrected chi connectivity index (χ1v) is 5.95. The molecule has 0 radical (unpaired) electrons. The van der Waals surface area contributed by atoms with Crippen molar-refractivity contribution in [2.45, 2.75) is 27.7 Å². The molecular weight excluding hydrogens is 234 g/mol. The molecule has 0 bridgehead atoms. The zero-order chi connectivity index (χ0) is 13.7. The van der Waals surface area contributed by atoms with Gasteiger partial charge in [-0.2, -0.15) is 4.99 Å². The Morgan fingerprint density at radius 1 is 1.24 bits per heavy atom. The second-order valence-corrected chi connectivity index (χ2v) is 2.39.